The minimum absolute atomic E-state index is 0.346. The van der Waals surface area contributed by atoms with Crippen molar-refractivity contribution in [2.75, 3.05) is 5.32 Å². The topological polar surface area (TPSA) is 43.0 Å². The van der Waals surface area contributed by atoms with Gasteiger partial charge in [0.25, 0.3) is 4.84 Å². The molecular formula is C15H12BrN3OS. The predicted molar refractivity (Wildman–Crippen MR) is 88.5 cm³/mol. The Hall–Kier alpha value is -1.92. The third kappa shape index (κ3) is 3.40. The third-order valence-corrected chi connectivity index (χ3v) is 3.73. The van der Waals surface area contributed by atoms with Gasteiger partial charge in [0.1, 0.15) is 6.67 Å². The molecular weight excluding hydrogens is 350 g/mol. The van der Waals surface area contributed by atoms with E-state index in [1.165, 1.54) is 0 Å². The van der Waals surface area contributed by atoms with Crippen molar-refractivity contribution in [2.45, 2.75) is 6.67 Å². The molecule has 0 saturated heterocycles. The molecule has 0 aliphatic rings. The predicted octanol–water partition coefficient (Wildman–Crippen LogP) is 4.70. The highest BCUT2D eigenvalue weighted by Crippen LogP contribution is 2.18. The lowest BCUT2D eigenvalue weighted by molar-refractivity contribution is 0.522. The minimum Gasteiger partial charge on any atom is -0.409 e. The molecule has 1 heterocycles. The first-order chi connectivity index (χ1) is 10.2. The molecule has 0 atom stereocenters. The van der Waals surface area contributed by atoms with Crippen LogP contribution in [-0.4, -0.2) is 9.78 Å². The van der Waals surface area contributed by atoms with E-state index in [1.54, 1.807) is 4.68 Å². The number of anilines is 1. The molecule has 0 unspecified atom stereocenters. The number of nitrogens with one attached hydrogen (secondary N) is 1. The Morgan fingerprint density at radius 2 is 1.81 bits per heavy atom. The largest absolute Gasteiger partial charge is 0.409 e. The van der Waals surface area contributed by atoms with Crippen LogP contribution >= 0.6 is 28.1 Å². The highest BCUT2D eigenvalue weighted by molar-refractivity contribution is 9.10. The fourth-order valence-corrected chi connectivity index (χ4v) is 2.29. The van der Waals surface area contributed by atoms with Crippen LogP contribution in [-0.2, 0) is 6.67 Å². The Bertz CT molecular complexity index is 781. The smallest absolute Gasteiger partial charge is 0.289 e. The van der Waals surface area contributed by atoms with Crippen LogP contribution < -0.4 is 5.32 Å². The SMILES string of the molecule is S=c1oc(-c2ccccc2)nn1CNc1ccc(Br)cc1. The summed E-state index contributed by atoms with van der Waals surface area (Å²) in [5.74, 6) is 0.526. The zero-order valence-electron chi connectivity index (χ0n) is 11.0. The molecule has 1 N–H and O–H groups in total. The number of aromatic nitrogens is 2. The molecule has 6 heteroatoms. The first-order valence-corrected chi connectivity index (χ1v) is 7.55. The summed E-state index contributed by atoms with van der Waals surface area (Å²) in [6.07, 6.45) is 0. The molecule has 2 aromatic carbocycles. The molecule has 0 amide bonds. The summed E-state index contributed by atoms with van der Waals surface area (Å²) in [7, 11) is 0. The summed E-state index contributed by atoms with van der Waals surface area (Å²) in [5.41, 5.74) is 1.90. The lowest BCUT2D eigenvalue weighted by Crippen LogP contribution is -2.09. The molecule has 3 aromatic rings. The van der Waals surface area contributed by atoms with Crippen molar-refractivity contribution in [2.24, 2.45) is 0 Å². The first kappa shape index (κ1) is 14.0. The number of halogens is 1. The van der Waals surface area contributed by atoms with E-state index in [9.17, 15) is 0 Å². The second kappa shape index (κ2) is 6.24. The molecule has 0 aliphatic carbocycles. The van der Waals surface area contributed by atoms with E-state index in [2.05, 4.69) is 26.3 Å². The zero-order chi connectivity index (χ0) is 14.7. The fourth-order valence-electron chi connectivity index (χ4n) is 1.84. The van der Waals surface area contributed by atoms with E-state index in [0.29, 0.717) is 17.4 Å². The highest BCUT2D eigenvalue weighted by Gasteiger charge is 2.07. The quantitative estimate of drug-likeness (QED) is 0.683. The van der Waals surface area contributed by atoms with E-state index < -0.39 is 0 Å². The standard InChI is InChI=1S/C15H12BrN3OS/c16-12-6-8-13(9-7-12)17-10-19-15(21)20-14(18-19)11-4-2-1-3-5-11/h1-9,17H,10H2. The average Bonchev–Trinajstić information content (AvgIpc) is 2.89. The van der Waals surface area contributed by atoms with Gasteiger partial charge in [0.15, 0.2) is 0 Å². The van der Waals surface area contributed by atoms with Crippen molar-refractivity contribution in [3.8, 4) is 11.5 Å². The van der Waals surface area contributed by atoms with Gasteiger partial charge in [-0.1, -0.05) is 34.1 Å². The van der Waals surface area contributed by atoms with Gasteiger partial charge in [0.05, 0.1) is 0 Å². The normalized spacial score (nSPS) is 10.5. The maximum absolute atomic E-state index is 5.53. The molecule has 21 heavy (non-hydrogen) atoms. The summed E-state index contributed by atoms with van der Waals surface area (Å²) >= 11 is 8.60. The summed E-state index contributed by atoms with van der Waals surface area (Å²) in [5, 5.41) is 7.63. The Labute approximate surface area is 135 Å². The molecule has 0 radical (unpaired) electrons. The number of nitrogens with zero attached hydrogens (tertiary/aromatic N) is 2. The molecule has 0 saturated carbocycles. The van der Waals surface area contributed by atoms with Gasteiger partial charge in [-0.25, -0.2) is 4.68 Å². The molecule has 4 nitrogen and oxygen atoms in total. The summed E-state index contributed by atoms with van der Waals surface area (Å²) in [4.78, 5) is 0.346. The molecule has 0 bridgehead atoms. The maximum atomic E-state index is 5.53. The van der Waals surface area contributed by atoms with Crippen LogP contribution in [0.3, 0.4) is 0 Å². The Morgan fingerprint density at radius 1 is 1.10 bits per heavy atom. The van der Waals surface area contributed by atoms with Gasteiger partial charge < -0.3 is 9.73 Å². The minimum atomic E-state index is 0.346. The van der Waals surface area contributed by atoms with Crippen LogP contribution in [0.4, 0.5) is 5.69 Å². The molecule has 0 fully saturated rings. The van der Waals surface area contributed by atoms with E-state index in [0.717, 1.165) is 15.7 Å². The first-order valence-electron chi connectivity index (χ1n) is 6.35. The Balaban J connectivity index is 1.76. The zero-order valence-corrected chi connectivity index (χ0v) is 13.4. The third-order valence-electron chi connectivity index (χ3n) is 2.90. The van der Waals surface area contributed by atoms with Gasteiger partial charge in [0.2, 0.25) is 5.89 Å². The van der Waals surface area contributed by atoms with Gasteiger partial charge in [-0.15, -0.1) is 5.10 Å². The van der Waals surface area contributed by atoms with E-state index >= 15 is 0 Å². The summed E-state index contributed by atoms with van der Waals surface area (Å²) in [6, 6.07) is 17.6. The summed E-state index contributed by atoms with van der Waals surface area (Å²) in [6.45, 7) is 0.455. The highest BCUT2D eigenvalue weighted by atomic mass is 79.9. The fraction of sp³-hybridized carbons (Fsp3) is 0.0667. The average molecular weight is 362 g/mol. The lowest BCUT2D eigenvalue weighted by atomic mass is 10.2. The number of rotatable bonds is 4. The van der Waals surface area contributed by atoms with Crippen molar-refractivity contribution in [3.63, 3.8) is 0 Å². The maximum Gasteiger partial charge on any atom is 0.289 e. The second-order valence-electron chi connectivity index (χ2n) is 4.38. The molecule has 1 aromatic heterocycles. The van der Waals surface area contributed by atoms with Crippen LogP contribution in [0.2, 0.25) is 0 Å². The van der Waals surface area contributed by atoms with Crippen molar-refractivity contribution >= 4 is 33.8 Å². The lowest BCUT2D eigenvalue weighted by Gasteiger charge is -2.05. The van der Waals surface area contributed by atoms with Crippen molar-refractivity contribution < 1.29 is 4.42 Å². The van der Waals surface area contributed by atoms with Crippen LogP contribution in [0.25, 0.3) is 11.5 Å². The van der Waals surface area contributed by atoms with Crippen LogP contribution in [0.1, 0.15) is 0 Å². The van der Waals surface area contributed by atoms with Gasteiger partial charge in [0, 0.05) is 15.7 Å². The number of benzene rings is 2. The second-order valence-corrected chi connectivity index (χ2v) is 5.65. The van der Waals surface area contributed by atoms with E-state index in [1.807, 2.05) is 54.6 Å². The van der Waals surface area contributed by atoms with Crippen molar-refractivity contribution in [1.29, 1.82) is 0 Å². The van der Waals surface area contributed by atoms with Crippen molar-refractivity contribution in [3.05, 3.63) is 63.9 Å². The number of hydrogen-bond acceptors (Lipinski definition) is 4. The van der Waals surface area contributed by atoms with Gasteiger partial charge in [-0.2, -0.15) is 0 Å². The van der Waals surface area contributed by atoms with Crippen LogP contribution in [0.5, 0.6) is 0 Å². The molecule has 106 valence electrons. The van der Waals surface area contributed by atoms with Gasteiger partial charge in [-0.05, 0) is 48.6 Å². The van der Waals surface area contributed by atoms with Crippen LogP contribution in [0, 0.1) is 4.84 Å². The van der Waals surface area contributed by atoms with Gasteiger partial charge >= 0.3 is 0 Å². The Morgan fingerprint density at radius 3 is 2.52 bits per heavy atom. The molecule has 3 rings (SSSR count). The van der Waals surface area contributed by atoms with E-state index in [4.69, 9.17) is 16.6 Å². The molecule has 0 aliphatic heterocycles. The van der Waals surface area contributed by atoms with E-state index in [-0.39, 0.29) is 0 Å². The van der Waals surface area contributed by atoms with Crippen molar-refractivity contribution in [1.82, 2.24) is 9.78 Å². The number of hydrogen-bond donors (Lipinski definition) is 1. The molecule has 0 spiro atoms. The monoisotopic (exact) mass is 361 g/mol. The summed E-state index contributed by atoms with van der Waals surface area (Å²) < 4.78 is 8.19. The van der Waals surface area contributed by atoms with Crippen LogP contribution in [0.15, 0.2) is 63.5 Å². The Kier molecular flexibility index (Phi) is 4.17. The van der Waals surface area contributed by atoms with Gasteiger partial charge in [-0.3, -0.25) is 0 Å².